The second-order valence-corrected chi connectivity index (χ2v) is 5.28. The van der Waals surface area contributed by atoms with Crippen molar-refractivity contribution in [3.05, 3.63) is 0 Å². The van der Waals surface area contributed by atoms with E-state index in [2.05, 4.69) is 6.92 Å². The molecule has 5 heteroatoms. The van der Waals surface area contributed by atoms with Gasteiger partial charge in [0, 0.05) is 25.7 Å². The quantitative estimate of drug-likeness (QED) is 0.817. The van der Waals surface area contributed by atoms with Crippen LogP contribution in [0.15, 0.2) is 0 Å². The minimum atomic E-state index is -0.727. The number of hydrogen-bond acceptors (Lipinski definition) is 2. The molecule has 1 atom stereocenters. The molecule has 1 unspecified atom stereocenters. The van der Waals surface area contributed by atoms with Gasteiger partial charge in [0.1, 0.15) is 0 Å². The zero-order chi connectivity index (χ0) is 13.1. The minimum Gasteiger partial charge on any atom is -0.481 e. The van der Waals surface area contributed by atoms with Crippen LogP contribution in [0.3, 0.4) is 0 Å². The molecule has 0 aromatic rings. The molecule has 2 aliphatic rings. The largest absolute Gasteiger partial charge is 0.481 e. The lowest BCUT2D eigenvalue weighted by Crippen LogP contribution is -2.48. The summed E-state index contributed by atoms with van der Waals surface area (Å²) < 4.78 is 0. The van der Waals surface area contributed by atoms with Crippen LogP contribution in [-0.2, 0) is 4.79 Å². The Morgan fingerprint density at radius 2 is 1.83 bits per heavy atom. The second kappa shape index (κ2) is 5.59. The summed E-state index contributed by atoms with van der Waals surface area (Å²) in [7, 11) is 0. The van der Waals surface area contributed by atoms with E-state index in [0.29, 0.717) is 32.0 Å². The highest BCUT2D eigenvalue weighted by Gasteiger charge is 2.33. The van der Waals surface area contributed by atoms with E-state index in [0.717, 1.165) is 25.8 Å². The van der Waals surface area contributed by atoms with Crippen LogP contribution in [0.2, 0.25) is 0 Å². The van der Waals surface area contributed by atoms with Gasteiger partial charge in [0.15, 0.2) is 0 Å². The number of carboxylic acid groups (broad SMARTS) is 1. The predicted molar refractivity (Wildman–Crippen MR) is 67.3 cm³/mol. The first kappa shape index (κ1) is 13.2. The molecule has 0 aromatic carbocycles. The van der Waals surface area contributed by atoms with Crippen LogP contribution in [0.5, 0.6) is 0 Å². The van der Waals surface area contributed by atoms with Crippen LogP contribution < -0.4 is 0 Å². The maximum absolute atomic E-state index is 12.4. The number of urea groups is 1. The van der Waals surface area contributed by atoms with Crippen molar-refractivity contribution in [1.82, 2.24) is 9.80 Å². The molecule has 2 saturated heterocycles. The van der Waals surface area contributed by atoms with Crippen molar-refractivity contribution < 1.29 is 14.7 Å². The number of aliphatic carboxylic acids is 1. The lowest BCUT2D eigenvalue weighted by molar-refractivity contribution is -0.143. The number of amides is 2. The number of carbonyl (C=O) groups excluding carboxylic acids is 1. The summed E-state index contributed by atoms with van der Waals surface area (Å²) in [5.41, 5.74) is 0. The highest BCUT2D eigenvalue weighted by Crippen LogP contribution is 2.24. The standard InChI is InChI=1S/C13H22N2O3/c1-2-11-4-3-7-15(11)13(18)14-8-5-10(6-9-14)12(16)17/h10-11H,2-9H2,1H3,(H,16,17). The summed E-state index contributed by atoms with van der Waals surface area (Å²) in [5.74, 6) is -0.996. The number of carbonyl (C=O) groups is 2. The van der Waals surface area contributed by atoms with E-state index in [1.807, 2.05) is 9.80 Å². The molecule has 1 N–H and O–H groups in total. The van der Waals surface area contributed by atoms with Crippen LogP contribution in [-0.4, -0.2) is 52.6 Å². The molecule has 5 nitrogen and oxygen atoms in total. The molecule has 0 saturated carbocycles. The lowest BCUT2D eigenvalue weighted by Gasteiger charge is -2.35. The van der Waals surface area contributed by atoms with Crippen molar-refractivity contribution in [1.29, 1.82) is 0 Å². The molecule has 0 radical (unpaired) electrons. The fourth-order valence-electron chi connectivity index (χ4n) is 3.01. The first-order valence-corrected chi connectivity index (χ1v) is 6.91. The van der Waals surface area contributed by atoms with E-state index in [-0.39, 0.29) is 11.9 Å². The van der Waals surface area contributed by atoms with Crippen molar-refractivity contribution in [2.24, 2.45) is 5.92 Å². The predicted octanol–water partition coefficient (Wildman–Crippen LogP) is 1.78. The van der Waals surface area contributed by atoms with Crippen LogP contribution in [0.4, 0.5) is 4.79 Å². The SMILES string of the molecule is CCC1CCCN1C(=O)N1CCC(C(=O)O)CC1. The van der Waals surface area contributed by atoms with Gasteiger partial charge in [-0.3, -0.25) is 4.79 Å². The van der Waals surface area contributed by atoms with Gasteiger partial charge in [0.25, 0.3) is 0 Å². The monoisotopic (exact) mass is 254 g/mol. The number of likely N-dealkylation sites (tertiary alicyclic amines) is 2. The van der Waals surface area contributed by atoms with Crippen molar-refractivity contribution in [3.63, 3.8) is 0 Å². The van der Waals surface area contributed by atoms with E-state index >= 15 is 0 Å². The summed E-state index contributed by atoms with van der Waals surface area (Å²) in [6.07, 6.45) is 4.39. The third kappa shape index (κ3) is 2.60. The smallest absolute Gasteiger partial charge is 0.320 e. The molecular formula is C13H22N2O3. The Bertz CT molecular complexity index is 324. The number of hydrogen-bond donors (Lipinski definition) is 1. The van der Waals surface area contributed by atoms with Crippen LogP contribution in [0.25, 0.3) is 0 Å². The highest BCUT2D eigenvalue weighted by atomic mass is 16.4. The Hall–Kier alpha value is -1.26. The fourth-order valence-corrected chi connectivity index (χ4v) is 3.01. The van der Waals surface area contributed by atoms with E-state index in [4.69, 9.17) is 5.11 Å². The molecule has 18 heavy (non-hydrogen) atoms. The minimum absolute atomic E-state index is 0.114. The summed E-state index contributed by atoms with van der Waals surface area (Å²) in [6.45, 7) is 4.15. The van der Waals surface area contributed by atoms with Crippen LogP contribution >= 0.6 is 0 Å². The van der Waals surface area contributed by atoms with Gasteiger partial charge in [-0.25, -0.2) is 4.79 Å². The highest BCUT2D eigenvalue weighted by molar-refractivity contribution is 5.76. The van der Waals surface area contributed by atoms with Gasteiger partial charge < -0.3 is 14.9 Å². The van der Waals surface area contributed by atoms with E-state index < -0.39 is 5.97 Å². The third-order valence-corrected chi connectivity index (χ3v) is 4.21. The van der Waals surface area contributed by atoms with Gasteiger partial charge >= 0.3 is 12.0 Å². The average molecular weight is 254 g/mol. The first-order chi connectivity index (χ1) is 8.63. The fraction of sp³-hybridized carbons (Fsp3) is 0.846. The van der Waals surface area contributed by atoms with E-state index in [9.17, 15) is 9.59 Å². The molecule has 0 bridgehead atoms. The Labute approximate surface area is 108 Å². The molecule has 102 valence electrons. The number of carboxylic acids is 1. The number of rotatable bonds is 2. The van der Waals surface area contributed by atoms with Gasteiger partial charge in [-0.1, -0.05) is 6.92 Å². The zero-order valence-electron chi connectivity index (χ0n) is 11.0. The molecule has 2 amide bonds. The summed E-state index contributed by atoms with van der Waals surface area (Å²) in [4.78, 5) is 27.0. The molecule has 2 aliphatic heterocycles. The van der Waals surface area contributed by atoms with Crippen molar-refractivity contribution >= 4 is 12.0 Å². The van der Waals surface area contributed by atoms with Gasteiger partial charge in [-0.2, -0.15) is 0 Å². The lowest BCUT2D eigenvalue weighted by atomic mass is 9.97. The molecule has 2 rings (SSSR count). The average Bonchev–Trinajstić information content (AvgIpc) is 2.86. The maximum atomic E-state index is 12.4. The van der Waals surface area contributed by atoms with Crippen LogP contribution in [0, 0.1) is 5.92 Å². The normalized spacial score (nSPS) is 25.5. The first-order valence-electron chi connectivity index (χ1n) is 6.91. The summed E-state index contributed by atoms with van der Waals surface area (Å²) in [5, 5.41) is 8.94. The van der Waals surface area contributed by atoms with Crippen molar-refractivity contribution in [2.45, 2.75) is 45.1 Å². The van der Waals surface area contributed by atoms with Gasteiger partial charge in [0.2, 0.25) is 0 Å². The van der Waals surface area contributed by atoms with E-state index in [1.165, 1.54) is 0 Å². The summed E-state index contributed by atoms with van der Waals surface area (Å²) >= 11 is 0. The molecular weight excluding hydrogens is 232 g/mol. The maximum Gasteiger partial charge on any atom is 0.320 e. The molecule has 0 spiro atoms. The topological polar surface area (TPSA) is 60.9 Å². The van der Waals surface area contributed by atoms with Gasteiger partial charge in [0.05, 0.1) is 5.92 Å². The number of piperidine rings is 1. The van der Waals surface area contributed by atoms with Crippen LogP contribution in [0.1, 0.15) is 39.0 Å². The van der Waals surface area contributed by atoms with Crippen molar-refractivity contribution in [3.8, 4) is 0 Å². The third-order valence-electron chi connectivity index (χ3n) is 4.21. The van der Waals surface area contributed by atoms with E-state index in [1.54, 1.807) is 0 Å². The number of nitrogens with zero attached hydrogens (tertiary/aromatic N) is 2. The second-order valence-electron chi connectivity index (χ2n) is 5.28. The summed E-state index contributed by atoms with van der Waals surface area (Å²) in [6, 6.07) is 0.498. The Morgan fingerprint density at radius 3 is 2.39 bits per heavy atom. The van der Waals surface area contributed by atoms with Gasteiger partial charge in [-0.15, -0.1) is 0 Å². The molecule has 2 heterocycles. The molecule has 0 aromatic heterocycles. The van der Waals surface area contributed by atoms with Crippen molar-refractivity contribution in [2.75, 3.05) is 19.6 Å². The molecule has 0 aliphatic carbocycles. The molecule has 2 fully saturated rings. The Balaban J connectivity index is 1.89. The van der Waals surface area contributed by atoms with Gasteiger partial charge in [-0.05, 0) is 32.1 Å². The Morgan fingerprint density at radius 1 is 1.17 bits per heavy atom. The zero-order valence-corrected chi connectivity index (χ0v) is 11.0. The Kier molecular flexibility index (Phi) is 4.09.